The van der Waals surface area contributed by atoms with Gasteiger partial charge in [-0.05, 0) is 18.2 Å². The smallest absolute Gasteiger partial charge is 0.259 e. The van der Waals surface area contributed by atoms with Gasteiger partial charge in [-0.25, -0.2) is 0 Å². The van der Waals surface area contributed by atoms with Crippen LogP contribution in [-0.2, 0) is 0 Å². The first kappa shape index (κ1) is 13.0. The lowest BCUT2D eigenvalue weighted by Gasteiger charge is -2.27. The molecule has 7 nitrogen and oxygen atoms in total. The Hall–Kier alpha value is -2.96. The van der Waals surface area contributed by atoms with Gasteiger partial charge in [-0.3, -0.25) is 5.41 Å². The van der Waals surface area contributed by atoms with E-state index >= 15 is 0 Å². The highest BCUT2D eigenvalue weighted by Crippen LogP contribution is 2.19. The summed E-state index contributed by atoms with van der Waals surface area (Å²) in [5, 5.41) is 17.0. The van der Waals surface area contributed by atoms with Crippen LogP contribution in [0.1, 0.15) is 0 Å². The third kappa shape index (κ3) is 2.53. The molecule has 0 aliphatic carbocycles. The van der Waals surface area contributed by atoms with Crippen molar-refractivity contribution < 1.29 is 5.21 Å². The van der Waals surface area contributed by atoms with Gasteiger partial charge < -0.3 is 20.7 Å². The summed E-state index contributed by atoms with van der Waals surface area (Å²) in [6.45, 7) is 1.48. The van der Waals surface area contributed by atoms with Gasteiger partial charge in [0.2, 0.25) is 0 Å². The van der Waals surface area contributed by atoms with Gasteiger partial charge in [-0.2, -0.15) is 4.98 Å². The quantitative estimate of drug-likeness (QED) is 0.698. The summed E-state index contributed by atoms with van der Waals surface area (Å²) >= 11 is 0. The van der Waals surface area contributed by atoms with Crippen LogP contribution in [0.4, 0.5) is 11.6 Å². The lowest BCUT2D eigenvalue weighted by Crippen LogP contribution is -2.30. The Morgan fingerprint density at radius 1 is 1.19 bits per heavy atom. The van der Waals surface area contributed by atoms with E-state index in [1.54, 1.807) is 0 Å². The molecule has 2 aliphatic rings. The van der Waals surface area contributed by atoms with Crippen molar-refractivity contribution in [2.24, 2.45) is 0 Å². The minimum Gasteiger partial charge on any atom is -0.423 e. The zero-order valence-electron chi connectivity index (χ0n) is 11.3. The van der Waals surface area contributed by atoms with E-state index in [2.05, 4.69) is 22.0 Å². The van der Waals surface area contributed by atoms with Crippen molar-refractivity contribution in [1.82, 2.24) is 14.6 Å². The van der Waals surface area contributed by atoms with E-state index in [0.29, 0.717) is 17.1 Å². The largest absolute Gasteiger partial charge is 0.423 e. The summed E-state index contributed by atoms with van der Waals surface area (Å²) in [4.78, 5) is 8.00. The van der Waals surface area contributed by atoms with Crippen molar-refractivity contribution in [2.45, 2.75) is 0 Å². The summed E-state index contributed by atoms with van der Waals surface area (Å²) in [6.07, 6.45) is 14.1. The Labute approximate surface area is 121 Å². The normalized spacial score (nSPS) is 17.2. The molecule has 0 bridgehead atoms. The van der Waals surface area contributed by atoms with Gasteiger partial charge in [-0.15, -0.1) is 4.73 Å². The van der Waals surface area contributed by atoms with Crippen LogP contribution in [0.15, 0.2) is 54.5 Å². The number of anilines is 2. The average Bonchev–Trinajstić information content (AvgIpc) is 2.53. The summed E-state index contributed by atoms with van der Waals surface area (Å²) in [5.41, 5.74) is 6.45. The fourth-order valence-corrected chi connectivity index (χ4v) is 2.18. The lowest BCUT2D eigenvalue weighted by molar-refractivity contribution is 0.172. The Morgan fingerprint density at radius 2 is 2.05 bits per heavy atom. The highest BCUT2D eigenvalue weighted by atomic mass is 16.5. The number of nitrogens with zero attached hydrogens (tertiary/aromatic N) is 4. The number of aromatic nitrogens is 2. The molecule has 3 heterocycles. The Bertz CT molecular complexity index is 727. The highest BCUT2D eigenvalue weighted by Gasteiger charge is 2.13. The standard InChI is InChI=1S/C14H16N6O/c15-12-10-13(17-14(16)20(12)21)19-8-4-11(5-9-19)18-6-2-1-3-7-18/h1-6,8,10,16,21H,7,9,15H2. The van der Waals surface area contributed by atoms with E-state index in [1.165, 1.54) is 6.07 Å². The summed E-state index contributed by atoms with van der Waals surface area (Å²) in [5.74, 6) is 0.612. The SMILES string of the molecule is N=c1nc(N2C=CC(N3C=CC=CC3)=CC2)cc(N)n1O. The predicted octanol–water partition coefficient (Wildman–Crippen LogP) is 0.785. The molecule has 0 amide bonds. The number of hydrogen-bond donors (Lipinski definition) is 3. The first-order valence-electron chi connectivity index (χ1n) is 6.53. The first-order chi connectivity index (χ1) is 10.1. The van der Waals surface area contributed by atoms with E-state index in [0.717, 1.165) is 12.2 Å². The maximum atomic E-state index is 9.41. The second-order valence-corrected chi connectivity index (χ2v) is 4.69. The molecule has 1 aromatic rings. The summed E-state index contributed by atoms with van der Waals surface area (Å²) in [7, 11) is 0. The molecule has 7 heteroatoms. The molecule has 0 radical (unpaired) electrons. The molecular formula is C14H16N6O. The van der Waals surface area contributed by atoms with Crippen LogP contribution in [0, 0.1) is 5.41 Å². The van der Waals surface area contributed by atoms with Gasteiger partial charge in [0.15, 0.2) is 0 Å². The van der Waals surface area contributed by atoms with Crippen molar-refractivity contribution in [3.63, 3.8) is 0 Å². The van der Waals surface area contributed by atoms with Crippen molar-refractivity contribution in [2.75, 3.05) is 23.7 Å². The molecule has 0 aromatic carbocycles. The van der Waals surface area contributed by atoms with Crippen LogP contribution in [0.3, 0.4) is 0 Å². The highest BCUT2D eigenvalue weighted by molar-refractivity contribution is 5.51. The van der Waals surface area contributed by atoms with Crippen molar-refractivity contribution in [1.29, 1.82) is 5.41 Å². The minimum atomic E-state index is -0.294. The predicted molar refractivity (Wildman–Crippen MR) is 79.2 cm³/mol. The zero-order chi connectivity index (χ0) is 14.8. The molecule has 1 aromatic heterocycles. The van der Waals surface area contributed by atoms with E-state index in [4.69, 9.17) is 11.1 Å². The van der Waals surface area contributed by atoms with Crippen molar-refractivity contribution in [3.8, 4) is 0 Å². The third-order valence-electron chi connectivity index (χ3n) is 3.31. The number of hydrogen-bond acceptors (Lipinski definition) is 6. The molecule has 0 atom stereocenters. The van der Waals surface area contributed by atoms with Crippen molar-refractivity contribution in [3.05, 3.63) is 60.2 Å². The number of rotatable bonds is 2. The number of nitrogen functional groups attached to an aromatic ring is 1. The molecular weight excluding hydrogens is 268 g/mol. The first-order valence-corrected chi connectivity index (χ1v) is 6.53. The topological polar surface area (TPSA) is 94.4 Å². The maximum absolute atomic E-state index is 9.41. The van der Waals surface area contributed by atoms with E-state index in [-0.39, 0.29) is 11.4 Å². The van der Waals surface area contributed by atoms with Crippen LogP contribution in [0.25, 0.3) is 0 Å². The second kappa shape index (κ2) is 5.20. The number of nitrogens with one attached hydrogen (secondary N) is 1. The van der Waals surface area contributed by atoms with Crippen LogP contribution < -0.4 is 16.3 Å². The number of allylic oxidation sites excluding steroid dienone is 3. The van der Waals surface area contributed by atoms with Gasteiger partial charge in [0.25, 0.3) is 5.62 Å². The van der Waals surface area contributed by atoms with Crippen LogP contribution in [-0.4, -0.2) is 32.9 Å². The molecule has 0 saturated carbocycles. The molecule has 108 valence electrons. The molecule has 0 spiro atoms. The Kier molecular flexibility index (Phi) is 3.23. The molecule has 0 unspecified atom stereocenters. The minimum absolute atomic E-state index is 0.0808. The number of nitrogens with two attached hydrogens (primary N) is 1. The van der Waals surface area contributed by atoms with Crippen LogP contribution in [0.5, 0.6) is 0 Å². The molecule has 21 heavy (non-hydrogen) atoms. The fourth-order valence-electron chi connectivity index (χ4n) is 2.18. The molecule has 0 saturated heterocycles. The van der Waals surface area contributed by atoms with E-state index in [1.807, 2.05) is 35.5 Å². The van der Waals surface area contributed by atoms with Gasteiger partial charge >= 0.3 is 0 Å². The molecule has 3 rings (SSSR count). The van der Waals surface area contributed by atoms with Gasteiger partial charge in [0, 0.05) is 37.3 Å². The lowest BCUT2D eigenvalue weighted by atomic mass is 10.2. The molecule has 4 N–H and O–H groups in total. The average molecular weight is 284 g/mol. The summed E-state index contributed by atoms with van der Waals surface area (Å²) < 4.78 is 0.545. The van der Waals surface area contributed by atoms with Gasteiger partial charge in [-0.1, -0.05) is 12.2 Å². The van der Waals surface area contributed by atoms with E-state index in [9.17, 15) is 5.21 Å². The third-order valence-corrected chi connectivity index (χ3v) is 3.31. The summed E-state index contributed by atoms with van der Waals surface area (Å²) in [6, 6.07) is 1.53. The van der Waals surface area contributed by atoms with Gasteiger partial charge in [0.1, 0.15) is 11.6 Å². The van der Waals surface area contributed by atoms with Crippen LogP contribution >= 0.6 is 0 Å². The monoisotopic (exact) mass is 284 g/mol. The van der Waals surface area contributed by atoms with Crippen LogP contribution in [0.2, 0.25) is 0 Å². The van der Waals surface area contributed by atoms with Crippen molar-refractivity contribution >= 4 is 11.6 Å². The maximum Gasteiger partial charge on any atom is 0.259 e. The van der Waals surface area contributed by atoms with Gasteiger partial charge in [0.05, 0.1) is 0 Å². The molecule has 0 fully saturated rings. The van der Waals surface area contributed by atoms with E-state index < -0.39 is 0 Å². The Balaban J connectivity index is 1.78. The second-order valence-electron chi connectivity index (χ2n) is 4.69. The molecule has 2 aliphatic heterocycles. The fraction of sp³-hybridized carbons (Fsp3) is 0.143. The zero-order valence-corrected chi connectivity index (χ0v) is 11.3. The Morgan fingerprint density at radius 3 is 2.67 bits per heavy atom.